The van der Waals surface area contributed by atoms with Crippen LogP contribution in [0.15, 0.2) is 24.5 Å². The lowest BCUT2D eigenvalue weighted by atomic mass is 9.93. The predicted octanol–water partition coefficient (Wildman–Crippen LogP) is 3.17. The van der Waals surface area contributed by atoms with Crippen LogP contribution in [-0.4, -0.2) is 28.6 Å². The Hall–Kier alpha value is -2.11. The van der Waals surface area contributed by atoms with Crippen LogP contribution in [0.3, 0.4) is 0 Å². The number of carbonyl (C=O) groups is 2. The highest BCUT2D eigenvalue weighted by Crippen LogP contribution is 2.24. The lowest BCUT2D eigenvalue weighted by molar-refractivity contribution is -0.126. The summed E-state index contributed by atoms with van der Waals surface area (Å²) in [7, 11) is 0. The minimum absolute atomic E-state index is 0.0141. The van der Waals surface area contributed by atoms with E-state index in [2.05, 4.69) is 15.6 Å². The predicted molar refractivity (Wildman–Crippen MR) is 95.8 cm³/mol. The molecule has 6 nitrogen and oxygen atoms in total. The lowest BCUT2D eigenvalue weighted by Crippen LogP contribution is -2.47. The monoisotopic (exact) mass is 347 g/mol. The Morgan fingerprint density at radius 3 is 2.52 bits per heavy atom. The molecule has 2 amide bonds. The Balaban J connectivity index is 1.96. The summed E-state index contributed by atoms with van der Waals surface area (Å²) in [6.07, 6.45) is 7.64. The van der Waals surface area contributed by atoms with Crippen molar-refractivity contribution >= 4 is 12.0 Å². The normalized spacial score (nSPS) is 21.1. The van der Waals surface area contributed by atoms with Crippen molar-refractivity contribution in [1.82, 2.24) is 15.6 Å². The number of alkyl carbamates (subject to hydrolysis) is 1. The van der Waals surface area contributed by atoms with Crippen molar-refractivity contribution in [3.63, 3.8) is 0 Å². The van der Waals surface area contributed by atoms with Gasteiger partial charge in [0.2, 0.25) is 5.91 Å². The Labute approximate surface area is 149 Å². The molecule has 1 saturated carbocycles. The number of nitrogens with zero attached hydrogens (tertiary/aromatic N) is 1. The summed E-state index contributed by atoms with van der Waals surface area (Å²) >= 11 is 0. The van der Waals surface area contributed by atoms with E-state index in [-0.39, 0.29) is 17.9 Å². The van der Waals surface area contributed by atoms with Crippen LogP contribution in [0.25, 0.3) is 0 Å². The molecule has 0 aliphatic heterocycles. The smallest absolute Gasteiger partial charge is 0.407 e. The zero-order valence-corrected chi connectivity index (χ0v) is 15.4. The molecule has 6 heteroatoms. The van der Waals surface area contributed by atoms with Gasteiger partial charge < -0.3 is 15.4 Å². The van der Waals surface area contributed by atoms with E-state index in [1.807, 2.05) is 32.9 Å². The maximum absolute atomic E-state index is 12.7. The van der Waals surface area contributed by atoms with Gasteiger partial charge in [0.15, 0.2) is 0 Å². The summed E-state index contributed by atoms with van der Waals surface area (Å²) in [5, 5.41) is 5.90. The second-order valence-corrected chi connectivity index (χ2v) is 7.57. The Morgan fingerprint density at radius 2 is 1.84 bits per heavy atom. The lowest BCUT2D eigenvalue weighted by Gasteiger charge is -2.27. The van der Waals surface area contributed by atoms with Crippen molar-refractivity contribution in [2.45, 2.75) is 71.1 Å². The molecule has 1 fully saturated rings. The van der Waals surface area contributed by atoms with E-state index in [1.54, 1.807) is 12.4 Å². The molecular formula is C19H29N3O3. The van der Waals surface area contributed by atoms with E-state index in [4.69, 9.17) is 4.74 Å². The summed E-state index contributed by atoms with van der Waals surface area (Å²) in [5.74, 6) is -0.239. The van der Waals surface area contributed by atoms with Crippen molar-refractivity contribution in [3.8, 4) is 0 Å². The first-order chi connectivity index (χ1) is 11.8. The van der Waals surface area contributed by atoms with E-state index < -0.39 is 11.7 Å². The van der Waals surface area contributed by atoms with Crippen LogP contribution in [0.1, 0.15) is 58.4 Å². The summed E-state index contributed by atoms with van der Waals surface area (Å²) in [6.45, 7) is 5.97. The zero-order valence-electron chi connectivity index (χ0n) is 15.4. The van der Waals surface area contributed by atoms with Crippen molar-refractivity contribution in [1.29, 1.82) is 0 Å². The highest BCUT2D eigenvalue weighted by atomic mass is 16.6. The molecule has 0 unspecified atom stereocenters. The van der Waals surface area contributed by atoms with Crippen LogP contribution in [-0.2, 0) is 16.1 Å². The van der Waals surface area contributed by atoms with Gasteiger partial charge in [-0.25, -0.2) is 4.79 Å². The average Bonchev–Trinajstić information content (AvgIpc) is 2.77. The Bertz CT molecular complexity index is 569. The zero-order chi connectivity index (χ0) is 18.3. The molecule has 1 aromatic heterocycles. The fourth-order valence-corrected chi connectivity index (χ4v) is 3.07. The number of hydrogen-bond acceptors (Lipinski definition) is 4. The van der Waals surface area contributed by atoms with E-state index in [0.29, 0.717) is 6.54 Å². The number of aromatic nitrogens is 1. The molecule has 1 aromatic rings. The fraction of sp³-hybridized carbons (Fsp3) is 0.632. The standard InChI is InChI=1S/C19H29N3O3/c1-19(2,3)25-18(24)22-16-8-6-4-5-7-15(16)17(23)21-13-14-9-11-20-12-10-14/h9-12,15-16H,4-8,13H2,1-3H3,(H,21,23)(H,22,24)/t15-,16-/m0/s1. The second-order valence-electron chi connectivity index (χ2n) is 7.57. The third-order valence-corrected chi connectivity index (χ3v) is 4.27. The topological polar surface area (TPSA) is 80.3 Å². The van der Waals surface area contributed by atoms with E-state index in [1.165, 1.54) is 0 Å². The maximum atomic E-state index is 12.7. The minimum Gasteiger partial charge on any atom is -0.444 e. The van der Waals surface area contributed by atoms with Gasteiger partial charge in [-0.1, -0.05) is 19.3 Å². The molecule has 2 rings (SSSR count). The molecule has 2 atom stereocenters. The molecule has 0 bridgehead atoms. The van der Waals surface area contributed by atoms with Gasteiger partial charge >= 0.3 is 6.09 Å². The van der Waals surface area contributed by atoms with Crippen LogP contribution >= 0.6 is 0 Å². The molecule has 1 aliphatic carbocycles. The van der Waals surface area contributed by atoms with Crippen LogP contribution < -0.4 is 10.6 Å². The van der Waals surface area contributed by atoms with Crippen LogP contribution in [0, 0.1) is 5.92 Å². The number of rotatable bonds is 4. The van der Waals surface area contributed by atoms with Crippen molar-refractivity contribution in [3.05, 3.63) is 30.1 Å². The first-order valence-electron chi connectivity index (χ1n) is 9.01. The third kappa shape index (κ3) is 6.72. The number of nitrogens with one attached hydrogen (secondary N) is 2. The molecule has 0 radical (unpaired) electrons. The van der Waals surface area contributed by atoms with Crippen molar-refractivity contribution in [2.75, 3.05) is 0 Å². The van der Waals surface area contributed by atoms with Gasteiger partial charge in [0.05, 0.1) is 5.92 Å². The molecule has 1 heterocycles. The van der Waals surface area contributed by atoms with E-state index >= 15 is 0 Å². The molecule has 0 spiro atoms. The quantitative estimate of drug-likeness (QED) is 0.820. The van der Waals surface area contributed by atoms with Gasteiger partial charge in [-0.05, 0) is 51.3 Å². The second kappa shape index (κ2) is 8.83. The van der Waals surface area contributed by atoms with Crippen LogP contribution in [0.2, 0.25) is 0 Å². The summed E-state index contributed by atoms with van der Waals surface area (Å²) in [4.78, 5) is 28.8. The SMILES string of the molecule is CC(C)(C)OC(=O)N[C@H]1CCCCC[C@@H]1C(=O)NCc1ccncc1. The average molecular weight is 347 g/mol. The fourth-order valence-electron chi connectivity index (χ4n) is 3.07. The molecule has 0 aromatic carbocycles. The molecular weight excluding hydrogens is 318 g/mol. The number of ether oxygens (including phenoxy) is 1. The molecule has 25 heavy (non-hydrogen) atoms. The highest BCUT2D eigenvalue weighted by molar-refractivity contribution is 5.80. The Morgan fingerprint density at radius 1 is 1.16 bits per heavy atom. The largest absolute Gasteiger partial charge is 0.444 e. The Kier molecular flexibility index (Phi) is 6.79. The van der Waals surface area contributed by atoms with E-state index in [9.17, 15) is 9.59 Å². The molecule has 2 N–H and O–H groups in total. The number of hydrogen-bond donors (Lipinski definition) is 2. The first kappa shape index (κ1) is 19.2. The van der Waals surface area contributed by atoms with Gasteiger partial charge in [-0.3, -0.25) is 9.78 Å². The molecule has 0 saturated heterocycles. The van der Waals surface area contributed by atoms with Crippen LogP contribution in [0.5, 0.6) is 0 Å². The summed E-state index contributed by atoms with van der Waals surface area (Å²) < 4.78 is 5.35. The van der Waals surface area contributed by atoms with Gasteiger partial charge in [-0.2, -0.15) is 0 Å². The molecule has 1 aliphatic rings. The first-order valence-corrected chi connectivity index (χ1v) is 9.01. The number of carbonyl (C=O) groups excluding carboxylic acids is 2. The van der Waals surface area contributed by atoms with Gasteiger partial charge in [0.25, 0.3) is 0 Å². The third-order valence-electron chi connectivity index (χ3n) is 4.27. The summed E-state index contributed by atoms with van der Waals surface area (Å²) in [6, 6.07) is 3.57. The number of amides is 2. The van der Waals surface area contributed by atoms with Gasteiger partial charge in [-0.15, -0.1) is 0 Å². The summed E-state index contributed by atoms with van der Waals surface area (Å²) in [5.41, 5.74) is 0.460. The number of pyridine rings is 1. The van der Waals surface area contributed by atoms with Crippen LogP contribution in [0.4, 0.5) is 4.79 Å². The maximum Gasteiger partial charge on any atom is 0.407 e. The van der Waals surface area contributed by atoms with Gasteiger partial charge in [0, 0.05) is 25.0 Å². The van der Waals surface area contributed by atoms with Crippen molar-refractivity contribution < 1.29 is 14.3 Å². The highest BCUT2D eigenvalue weighted by Gasteiger charge is 2.31. The van der Waals surface area contributed by atoms with Gasteiger partial charge in [0.1, 0.15) is 5.60 Å². The van der Waals surface area contributed by atoms with E-state index in [0.717, 1.165) is 37.7 Å². The van der Waals surface area contributed by atoms with Crippen molar-refractivity contribution in [2.24, 2.45) is 5.92 Å². The molecule has 138 valence electrons. The minimum atomic E-state index is -0.548.